The van der Waals surface area contributed by atoms with Crippen LogP contribution in [0.3, 0.4) is 0 Å². The summed E-state index contributed by atoms with van der Waals surface area (Å²) < 4.78 is 0. The molecule has 1 N–H and O–H groups in total. The molecule has 4 nitrogen and oxygen atoms in total. The summed E-state index contributed by atoms with van der Waals surface area (Å²) in [7, 11) is 0. The predicted molar refractivity (Wildman–Crippen MR) is 86.3 cm³/mol. The van der Waals surface area contributed by atoms with Gasteiger partial charge in [0.2, 0.25) is 5.91 Å². The van der Waals surface area contributed by atoms with Crippen molar-refractivity contribution in [3.8, 4) is 0 Å². The van der Waals surface area contributed by atoms with Gasteiger partial charge in [0.05, 0.1) is 11.9 Å². The van der Waals surface area contributed by atoms with Gasteiger partial charge in [0.1, 0.15) is 5.82 Å². The number of carbonyl (C=O) groups is 1. The number of nitrogens with zero attached hydrogens (tertiary/aromatic N) is 2. The first-order valence-corrected chi connectivity index (χ1v) is 7.10. The number of hydrogen-bond donors (Lipinski definition) is 1. The molecule has 110 valence electrons. The molecule has 0 saturated heterocycles. The van der Waals surface area contributed by atoms with Crippen molar-refractivity contribution in [2.45, 2.75) is 33.4 Å². The van der Waals surface area contributed by atoms with Crippen LogP contribution in [0.15, 0.2) is 48.7 Å². The minimum atomic E-state index is -0.0884. The van der Waals surface area contributed by atoms with Gasteiger partial charge in [-0.25, -0.2) is 4.98 Å². The van der Waals surface area contributed by atoms with Gasteiger partial charge >= 0.3 is 0 Å². The van der Waals surface area contributed by atoms with Crippen molar-refractivity contribution in [1.29, 1.82) is 0 Å². The maximum atomic E-state index is 11.0. The predicted octanol–water partition coefficient (Wildman–Crippen LogP) is 3.46. The van der Waals surface area contributed by atoms with E-state index in [1.165, 1.54) is 12.5 Å². The summed E-state index contributed by atoms with van der Waals surface area (Å²) in [6.07, 6.45) is 1.69. The zero-order chi connectivity index (χ0) is 15.2. The topological polar surface area (TPSA) is 45.2 Å². The molecule has 0 radical (unpaired) electrons. The molecular formula is C17H21N3O. The number of carbonyl (C=O) groups excluding carboxylic acids is 1. The summed E-state index contributed by atoms with van der Waals surface area (Å²) in [5.74, 6) is 0.817. The molecule has 1 heterocycles. The molecule has 1 aromatic carbocycles. The van der Waals surface area contributed by atoms with Crippen molar-refractivity contribution in [1.82, 2.24) is 4.98 Å². The number of amides is 1. The van der Waals surface area contributed by atoms with Crippen molar-refractivity contribution >= 4 is 17.4 Å². The van der Waals surface area contributed by atoms with Crippen LogP contribution in [-0.4, -0.2) is 16.9 Å². The fourth-order valence-electron chi connectivity index (χ4n) is 2.14. The second kappa shape index (κ2) is 6.88. The van der Waals surface area contributed by atoms with Gasteiger partial charge in [0.15, 0.2) is 0 Å². The third kappa shape index (κ3) is 4.31. The van der Waals surface area contributed by atoms with Crippen molar-refractivity contribution in [3.05, 3.63) is 54.2 Å². The monoisotopic (exact) mass is 283 g/mol. The highest BCUT2D eigenvalue weighted by atomic mass is 16.1. The minimum Gasteiger partial charge on any atom is -0.350 e. The van der Waals surface area contributed by atoms with E-state index in [4.69, 9.17) is 0 Å². The molecule has 0 aliphatic rings. The average Bonchev–Trinajstić information content (AvgIpc) is 2.46. The number of rotatable bonds is 5. The first-order valence-electron chi connectivity index (χ1n) is 7.10. The van der Waals surface area contributed by atoms with Crippen molar-refractivity contribution in [2.24, 2.45) is 0 Å². The Morgan fingerprint density at radius 3 is 2.43 bits per heavy atom. The van der Waals surface area contributed by atoms with Crippen LogP contribution in [0.25, 0.3) is 0 Å². The fourth-order valence-corrected chi connectivity index (χ4v) is 2.14. The van der Waals surface area contributed by atoms with Crippen LogP contribution in [-0.2, 0) is 11.3 Å². The van der Waals surface area contributed by atoms with Crippen molar-refractivity contribution in [2.75, 3.05) is 10.2 Å². The van der Waals surface area contributed by atoms with Gasteiger partial charge in [0, 0.05) is 19.5 Å². The number of benzene rings is 1. The first-order chi connectivity index (χ1) is 10.1. The fraction of sp³-hybridized carbons (Fsp3) is 0.294. The average molecular weight is 283 g/mol. The SMILES string of the molecule is CC(=O)Nc1ccc(N(Cc2ccccc2)C(C)C)nc1. The van der Waals surface area contributed by atoms with E-state index in [1.807, 2.05) is 30.3 Å². The number of aromatic nitrogens is 1. The Labute approximate surface area is 125 Å². The largest absolute Gasteiger partial charge is 0.350 e. The van der Waals surface area contributed by atoms with Gasteiger partial charge in [-0.1, -0.05) is 30.3 Å². The summed E-state index contributed by atoms with van der Waals surface area (Å²) in [5.41, 5.74) is 1.97. The second-order valence-electron chi connectivity index (χ2n) is 5.29. The van der Waals surface area contributed by atoms with Crippen LogP contribution in [0.5, 0.6) is 0 Å². The van der Waals surface area contributed by atoms with Gasteiger partial charge in [-0.2, -0.15) is 0 Å². The number of hydrogen-bond acceptors (Lipinski definition) is 3. The highest BCUT2D eigenvalue weighted by Crippen LogP contribution is 2.19. The number of anilines is 2. The van der Waals surface area contributed by atoms with E-state index in [9.17, 15) is 4.79 Å². The molecule has 1 aromatic heterocycles. The van der Waals surface area contributed by atoms with E-state index < -0.39 is 0 Å². The van der Waals surface area contributed by atoms with E-state index in [-0.39, 0.29) is 5.91 Å². The Morgan fingerprint density at radius 2 is 1.90 bits per heavy atom. The molecule has 0 spiro atoms. The van der Waals surface area contributed by atoms with Gasteiger partial charge in [0.25, 0.3) is 0 Å². The molecule has 4 heteroatoms. The molecule has 0 fully saturated rings. The molecule has 0 bridgehead atoms. The Hall–Kier alpha value is -2.36. The van der Waals surface area contributed by atoms with Gasteiger partial charge in [-0.3, -0.25) is 4.79 Å². The lowest BCUT2D eigenvalue weighted by molar-refractivity contribution is -0.114. The van der Waals surface area contributed by atoms with Crippen LogP contribution in [0, 0.1) is 0 Å². The molecule has 2 aromatic rings. The Balaban J connectivity index is 2.16. The van der Waals surface area contributed by atoms with Gasteiger partial charge in [-0.15, -0.1) is 0 Å². The summed E-state index contributed by atoms with van der Waals surface area (Å²) in [6.45, 7) is 6.59. The molecule has 2 rings (SSSR count). The Bertz CT molecular complexity index is 579. The molecule has 0 aliphatic heterocycles. The maximum Gasteiger partial charge on any atom is 0.221 e. The van der Waals surface area contributed by atoms with Crippen LogP contribution in [0.2, 0.25) is 0 Å². The Kier molecular flexibility index (Phi) is 4.93. The van der Waals surface area contributed by atoms with Gasteiger partial charge < -0.3 is 10.2 Å². The highest BCUT2D eigenvalue weighted by Gasteiger charge is 2.12. The normalized spacial score (nSPS) is 10.5. The standard InChI is InChI=1S/C17H21N3O/c1-13(2)20(12-15-7-5-4-6-8-15)17-10-9-16(11-18-17)19-14(3)21/h4-11,13H,12H2,1-3H3,(H,19,21). The first kappa shape index (κ1) is 15.0. The molecule has 0 aliphatic carbocycles. The highest BCUT2D eigenvalue weighted by molar-refractivity contribution is 5.88. The summed E-state index contributed by atoms with van der Waals surface area (Å²) in [4.78, 5) is 17.7. The van der Waals surface area contributed by atoms with E-state index >= 15 is 0 Å². The maximum absolute atomic E-state index is 11.0. The van der Waals surface area contributed by atoms with E-state index in [1.54, 1.807) is 6.20 Å². The quantitative estimate of drug-likeness (QED) is 0.914. The second-order valence-corrected chi connectivity index (χ2v) is 5.29. The lowest BCUT2D eigenvalue weighted by Gasteiger charge is -2.28. The smallest absolute Gasteiger partial charge is 0.221 e. The van der Waals surface area contributed by atoms with Crippen LogP contribution in [0.1, 0.15) is 26.3 Å². The molecule has 21 heavy (non-hydrogen) atoms. The van der Waals surface area contributed by atoms with Crippen LogP contribution in [0.4, 0.5) is 11.5 Å². The van der Waals surface area contributed by atoms with Crippen molar-refractivity contribution < 1.29 is 4.79 Å². The third-order valence-corrected chi connectivity index (χ3v) is 3.18. The van der Waals surface area contributed by atoms with Crippen LogP contribution >= 0.6 is 0 Å². The molecule has 0 unspecified atom stereocenters. The zero-order valence-electron chi connectivity index (χ0n) is 12.7. The molecule has 0 saturated carbocycles. The lowest BCUT2D eigenvalue weighted by Crippen LogP contribution is -2.30. The third-order valence-electron chi connectivity index (χ3n) is 3.18. The lowest BCUT2D eigenvalue weighted by atomic mass is 10.2. The summed E-state index contributed by atoms with van der Waals surface area (Å²) >= 11 is 0. The molecular weight excluding hydrogens is 262 g/mol. The Morgan fingerprint density at radius 1 is 1.19 bits per heavy atom. The minimum absolute atomic E-state index is 0.0884. The summed E-state index contributed by atoms with van der Waals surface area (Å²) in [6, 6.07) is 14.5. The van der Waals surface area contributed by atoms with Gasteiger partial charge in [-0.05, 0) is 31.5 Å². The number of nitrogens with one attached hydrogen (secondary N) is 1. The molecule has 0 atom stereocenters. The van der Waals surface area contributed by atoms with Crippen LogP contribution < -0.4 is 10.2 Å². The number of pyridine rings is 1. The molecule has 1 amide bonds. The van der Waals surface area contributed by atoms with E-state index in [2.05, 4.69) is 41.2 Å². The summed E-state index contributed by atoms with van der Waals surface area (Å²) in [5, 5.41) is 2.73. The van der Waals surface area contributed by atoms with E-state index in [0.717, 1.165) is 18.1 Å². The zero-order valence-corrected chi connectivity index (χ0v) is 12.7. The van der Waals surface area contributed by atoms with Crippen molar-refractivity contribution in [3.63, 3.8) is 0 Å². The van der Waals surface area contributed by atoms with E-state index in [0.29, 0.717) is 6.04 Å².